The molecule has 1 rings (SSSR count). The van der Waals surface area contributed by atoms with E-state index >= 15 is 0 Å². The summed E-state index contributed by atoms with van der Waals surface area (Å²) in [5, 5.41) is 8.60. The summed E-state index contributed by atoms with van der Waals surface area (Å²) in [6.45, 7) is 2.82. The first kappa shape index (κ1) is 11.0. The van der Waals surface area contributed by atoms with Gasteiger partial charge in [0.15, 0.2) is 0 Å². The zero-order valence-corrected chi connectivity index (χ0v) is 8.84. The molecular formula is C11H23NO. The van der Waals surface area contributed by atoms with Gasteiger partial charge in [-0.25, -0.2) is 0 Å². The zero-order chi connectivity index (χ0) is 9.52. The van der Waals surface area contributed by atoms with Gasteiger partial charge < -0.3 is 10.0 Å². The standard InChI is InChI=1S/C11H23NO/c1-12(8-3-2-4-10-13)9-7-11-5-6-11/h11,13H,2-10H2,1H3. The molecule has 0 spiro atoms. The summed E-state index contributed by atoms with van der Waals surface area (Å²) in [5.41, 5.74) is 0. The number of nitrogens with zero attached hydrogens (tertiary/aromatic N) is 1. The van der Waals surface area contributed by atoms with Gasteiger partial charge in [-0.05, 0) is 51.7 Å². The highest BCUT2D eigenvalue weighted by atomic mass is 16.2. The van der Waals surface area contributed by atoms with Crippen LogP contribution in [0.15, 0.2) is 0 Å². The van der Waals surface area contributed by atoms with Gasteiger partial charge in [-0.1, -0.05) is 12.8 Å². The highest BCUT2D eigenvalue weighted by Gasteiger charge is 2.20. The molecule has 0 bridgehead atoms. The predicted octanol–water partition coefficient (Wildman–Crippen LogP) is 1.88. The second-order valence-electron chi connectivity index (χ2n) is 4.32. The molecule has 2 nitrogen and oxygen atoms in total. The van der Waals surface area contributed by atoms with Gasteiger partial charge in [-0.2, -0.15) is 0 Å². The monoisotopic (exact) mass is 185 g/mol. The van der Waals surface area contributed by atoms with E-state index in [2.05, 4.69) is 11.9 Å². The van der Waals surface area contributed by atoms with Crippen LogP contribution in [-0.4, -0.2) is 36.8 Å². The van der Waals surface area contributed by atoms with Crippen molar-refractivity contribution in [2.45, 2.75) is 38.5 Å². The minimum Gasteiger partial charge on any atom is -0.396 e. The smallest absolute Gasteiger partial charge is 0.0431 e. The van der Waals surface area contributed by atoms with E-state index < -0.39 is 0 Å². The lowest BCUT2D eigenvalue weighted by molar-refractivity contribution is 0.271. The zero-order valence-electron chi connectivity index (χ0n) is 8.84. The fourth-order valence-corrected chi connectivity index (χ4v) is 1.59. The Morgan fingerprint density at radius 1 is 1.15 bits per heavy atom. The van der Waals surface area contributed by atoms with E-state index in [1.807, 2.05) is 0 Å². The largest absolute Gasteiger partial charge is 0.396 e. The molecule has 1 saturated carbocycles. The number of aliphatic hydroxyl groups excluding tert-OH is 1. The van der Waals surface area contributed by atoms with Gasteiger partial charge in [-0.15, -0.1) is 0 Å². The molecule has 1 aliphatic rings. The molecule has 0 atom stereocenters. The maximum absolute atomic E-state index is 8.60. The molecule has 0 aromatic carbocycles. The average molecular weight is 185 g/mol. The maximum Gasteiger partial charge on any atom is 0.0431 e. The van der Waals surface area contributed by atoms with Crippen molar-refractivity contribution in [3.63, 3.8) is 0 Å². The summed E-state index contributed by atoms with van der Waals surface area (Å²) >= 11 is 0. The van der Waals surface area contributed by atoms with Crippen LogP contribution in [0.2, 0.25) is 0 Å². The highest BCUT2D eigenvalue weighted by molar-refractivity contribution is 4.73. The van der Waals surface area contributed by atoms with Crippen LogP contribution in [0.5, 0.6) is 0 Å². The molecule has 1 fully saturated rings. The second-order valence-corrected chi connectivity index (χ2v) is 4.32. The van der Waals surface area contributed by atoms with E-state index in [0.717, 1.165) is 12.3 Å². The van der Waals surface area contributed by atoms with E-state index in [0.29, 0.717) is 6.61 Å². The van der Waals surface area contributed by atoms with E-state index in [1.165, 1.54) is 45.2 Å². The molecule has 0 aromatic rings. The molecular weight excluding hydrogens is 162 g/mol. The third-order valence-corrected chi connectivity index (χ3v) is 2.81. The predicted molar refractivity (Wildman–Crippen MR) is 55.8 cm³/mol. The number of aliphatic hydroxyl groups is 1. The SMILES string of the molecule is CN(CCCCCO)CCC1CC1. The Hall–Kier alpha value is -0.0800. The third kappa shape index (κ3) is 6.05. The first-order valence-corrected chi connectivity index (χ1v) is 5.62. The topological polar surface area (TPSA) is 23.5 Å². The molecule has 0 saturated heterocycles. The number of rotatable bonds is 8. The van der Waals surface area contributed by atoms with E-state index in [1.54, 1.807) is 0 Å². The molecule has 0 radical (unpaired) electrons. The number of unbranched alkanes of at least 4 members (excludes halogenated alkanes) is 2. The minimum atomic E-state index is 0.353. The Balaban J connectivity index is 1.81. The Morgan fingerprint density at radius 3 is 2.54 bits per heavy atom. The van der Waals surface area contributed by atoms with Crippen LogP contribution in [-0.2, 0) is 0 Å². The van der Waals surface area contributed by atoms with Crippen LogP contribution in [0.25, 0.3) is 0 Å². The van der Waals surface area contributed by atoms with Gasteiger partial charge in [-0.3, -0.25) is 0 Å². The van der Waals surface area contributed by atoms with E-state index in [-0.39, 0.29) is 0 Å². The molecule has 0 aliphatic heterocycles. The third-order valence-electron chi connectivity index (χ3n) is 2.81. The van der Waals surface area contributed by atoms with Crippen molar-refractivity contribution in [1.82, 2.24) is 4.90 Å². The molecule has 1 aliphatic carbocycles. The minimum absolute atomic E-state index is 0.353. The molecule has 0 heterocycles. The van der Waals surface area contributed by atoms with Gasteiger partial charge >= 0.3 is 0 Å². The summed E-state index contributed by atoms with van der Waals surface area (Å²) in [5.74, 6) is 1.06. The van der Waals surface area contributed by atoms with Crippen molar-refractivity contribution < 1.29 is 5.11 Å². The quantitative estimate of drug-likeness (QED) is 0.584. The van der Waals surface area contributed by atoms with Crippen LogP contribution in [0.1, 0.15) is 38.5 Å². The fraction of sp³-hybridized carbons (Fsp3) is 1.00. The lowest BCUT2D eigenvalue weighted by Crippen LogP contribution is -2.21. The van der Waals surface area contributed by atoms with E-state index in [4.69, 9.17) is 5.11 Å². The first-order valence-electron chi connectivity index (χ1n) is 5.62. The second kappa shape index (κ2) is 6.39. The summed E-state index contributed by atoms with van der Waals surface area (Å²) in [6, 6.07) is 0. The Bertz CT molecular complexity index is 123. The maximum atomic E-state index is 8.60. The Kier molecular flexibility index (Phi) is 5.40. The molecule has 2 heteroatoms. The van der Waals surface area contributed by atoms with Crippen molar-refractivity contribution in [1.29, 1.82) is 0 Å². The van der Waals surface area contributed by atoms with E-state index in [9.17, 15) is 0 Å². The van der Waals surface area contributed by atoms with Crippen LogP contribution in [0.4, 0.5) is 0 Å². The Morgan fingerprint density at radius 2 is 1.92 bits per heavy atom. The number of hydrogen-bond acceptors (Lipinski definition) is 2. The van der Waals surface area contributed by atoms with Gasteiger partial charge in [0.05, 0.1) is 0 Å². The first-order chi connectivity index (χ1) is 6.33. The summed E-state index contributed by atoms with van der Waals surface area (Å²) in [7, 11) is 2.21. The van der Waals surface area contributed by atoms with Gasteiger partial charge in [0.1, 0.15) is 0 Å². The van der Waals surface area contributed by atoms with Crippen molar-refractivity contribution in [3.05, 3.63) is 0 Å². The van der Waals surface area contributed by atoms with Gasteiger partial charge in [0.2, 0.25) is 0 Å². The fourth-order valence-electron chi connectivity index (χ4n) is 1.59. The molecule has 0 amide bonds. The van der Waals surface area contributed by atoms with Crippen molar-refractivity contribution in [3.8, 4) is 0 Å². The summed E-state index contributed by atoms with van der Waals surface area (Å²) in [4.78, 5) is 2.43. The molecule has 78 valence electrons. The summed E-state index contributed by atoms with van der Waals surface area (Å²) in [6.07, 6.45) is 7.72. The number of hydrogen-bond donors (Lipinski definition) is 1. The van der Waals surface area contributed by atoms with Crippen molar-refractivity contribution in [2.24, 2.45) is 5.92 Å². The van der Waals surface area contributed by atoms with Gasteiger partial charge in [0.25, 0.3) is 0 Å². The molecule has 0 unspecified atom stereocenters. The van der Waals surface area contributed by atoms with Crippen LogP contribution >= 0.6 is 0 Å². The lowest BCUT2D eigenvalue weighted by atomic mass is 10.2. The Labute approximate surface area is 81.9 Å². The average Bonchev–Trinajstić information content (AvgIpc) is 2.92. The van der Waals surface area contributed by atoms with Crippen molar-refractivity contribution in [2.75, 3.05) is 26.7 Å². The normalized spacial score (nSPS) is 16.8. The highest BCUT2D eigenvalue weighted by Crippen LogP contribution is 2.32. The molecule has 13 heavy (non-hydrogen) atoms. The summed E-state index contributed by atoms with van der Waals surface area (Å²) < 4.78 is 0. The van der Waals surface area contributed by atoms with Gasteiger partial charge in [0, 0.05) is 6.61 Å². The van der Waals surface area contributed by atoms with Crippen LogP contribution < -0.4 is 0 Å². The molecule has 1 N–H and O–H groups in total. The lowest BCUT2D eigenvalue weighted by Gasteiger charge is -2.15. The molecule has 0 aromatic heterocycles. The van der Waals surface area contributed by atoms with Crippen LogP contribution in [0, 0.1) is 5.92 Å². The van der Waals surface area contributed by atoms with Crippen molar-refractivity contribution >= 4 is 0 Å². The van der Waals surface area contributed by atoms with Crippen LogP contribution in [0.3, 0.4) is 0 Å².